The number of rotatable bonds is 6. The Morgan fingerprint density at radius 2 is 2.07 bits per heavy atom. The summed E-state index contributed by atoms with van der Waals surface area (Å²) in [6, 6.07) is 14.0. The Balaban J connectivity index is 1.74. The maximum atomic E-state index is 12.8. The molecule has 2 aromatic carbocycles. The number of hydrogen-bond acceptors (Lipinski definition) is 4. The van der Waals surface area contributed by atoms with Gasteiger partial charge in [0.1, 0.15) is 4.32 Å². The van der Waals surface area contributed by atoms with Crippen molar-refractivity contribution in [3.05, 3.63) is 74.2 Å². The van der Waals surface area contributed by atoms with Gasteiger partial charge in [0, 0.05) is 45.8 Å². The molecule has 1 aliphatic heterocycles. The van der Waals surface area contributed by atoms with Crippen molar-refractivity contribution < 1.29 is 9.53 Å². The van der Waals surface area contributed by atoms with Gasteiger partial charge in [0.2, 0.25) is 0 Å². The number of fused-ring (bicyclic) bond motifs is 1. The Labute approximate surface area is 198 Å². The van der Waals surface area contributed by atoms with E-state index in [1.807, 2.05) is 36.4 Å². The van der Waals surface area contributed by atoms with Crippen molar-refractivity contribution in [1.82, 2.24) is 9.47 Å². The molecule has 1 amide bonds. The minimum Gasteiger partial charge on any atom is -0.383 e. The van der Waals surface area contributed by atoms with E-state index in [0.717, 1.165) is 31.5 Å². The lowest BCUT2D eigenvalue weighted by molar-refractivity contribution is -0.122. The molecule has 0 bridgehead atoms. The van der Waals surface area contributed by atoms with Crippen molar-refractivity contribution in [3.63, 3.8) is 0 Å². The van der Waals surface area contributed by atoms with Crippen LogP contribution in [0, 0.1) is 0 Å². The van der Waals surface area contributed by atoms with E-state index in [1.54, 1.807) is 12.0 Å². The molecular weight excluding hydrogens is 504 g/mol. The predicted molar refractivity (Wildman–Crippen MR) is 132 cm³/mol. The van der Waals surface area contributed by atoms with Crippen molar-refractivity contribution in [1.29, 1.82) is 0 Å². The first kappa shape index (κ1) is 21.6. The first-order valence-electron chi connectivity index (χ1n) is 9.24. The van der Waals surface area contributed by atoms with Crippen molar-refractivity contribution in [2.75, 3.05) is 20.3 Å². The highest BCUT2D eigenvalue weighted by atomic mass is 79.9. The second-order valence-corrected chi connectivity index (χ2v) is 9.79. The molecule has 0 spiro atoms. The maximum absolute atomic E-state index is 12.8. The summed E-state index contributed by atoms with van der Waals surface area (Å²) in [6.45, 7) is 1.54. The van der Waals surface area contributed by atoms with Gasteiger partial charge in [-0.05, 0) is 35.9 Å². The normalized spacial score (nSPS) is 15.7. The molecule has 0 saturated carbocycles. The molecule has 4 nitrogen and oxygen atoms in total. The summed E-state index contributed by atoms with van der Waals surface area (Å²) >= 11 is 16.7. The van der Waals surface area contributed by atoms with E-state index >= 15 is 0 Å². The Morgan fingerprint density at radius 3 is 2.83 bits per heavy atom. The zero-order valence-electron chi connectivity index (χ0n) is 16.1. The average molecular weight is 522 g/mol. The molecule has 0 atom stereocenters. The van der Waals surface area contributed by atoms with E-state index in [1.165, 1.54) is 11.8 Å². The molecule has 1 saturated heterocycles. The third-order valence-corrected chi connectivity index (χ3v) is 7.09. The summed E-state index contributed by atoms with van der Waals surface area (Å²) in [6.07, 6.45) is 3.98. The van der Waals surface area contributed by atoms with Crippen molar-refractivity contribution >= 4 is 78.7 Å². The first-order valence-corrected chi connectivity index (χ1v) is 11.6. The fourth-order valence-corrected chi connectivity index (χ4v) is 5.23. The van der Waals surface area contributed by atoms with Gasteiger partial charge in [-0.1, -0.05) is 69.7 Å². The van der Waals surface area contributed by atoms with Gasteiger partial charge in [-0.25, -0.2) is 0 Å². The van der Waals surface area contributed by atoms with Crippen LogP contribution in [0.5, 0.6) is 0 Å². The largest absolute Gasteiger partial charge is 0.383 e. The van der Waals surface area contributed by atoms with Gasteiger partial charge in [-0.3, -0.25) is 9.69 Å². The van der Waals surface area contributed by atoms with Gasteiger partial charge in [0.05, 0.1) is 18.1 Å². The lowest BCUT2D eigenvalue weighted by Gasteiger charge is -2.12. The third kappa shape index (κ3) is 4.36. The lowest BCUT2D eigenvalue weighted by atomic mass is 10.1. The molecule has 2 heterocycles. The van der Waals surface area contributed by atoms with Crippen LogP contribution in [0.25, 0.3) is 17.0 Å². The van der Waals surface area contributed by atoms with Crippen LogP contribution in [-0.4, -0.2) is 40.0 Å². The van der Waals surface area contributed by atoms with Gasteiger partial charge in [-0.15, -0.1) is 0 Å². The molecule has 0 N–H and O–H groups in total. The number of halogens is 2. The number of aromatic nitrogens is 1. The predicted octanol–water partition coefficient (Wildman–Crippen LogP) is 5.95. The van der Waals surface area contributed by atoms with Crippen molar-refractivity contribution in [2.24, 2.45) is 0 Å². The second-order valence-electron chi connectivity index (χ2n) is 6.79. The molecule has 1 fully saturated rings. The average Bonchev–Trinajstić information content (AvgIpc) is 3.19. The Kier molecular flexibility index (Phi) is 6.65. The maximum Gasteiger partial charge on any atom is 0.266 e. The number of hydrogen-bond donors (Lipinski definition) is 0. The number of amides is 1. The van der Waals surface area contributed by atoms with E-state index in [2.05, 4.69) is 38.8 Å². The Bertz CT molecular complexity index is 1180. The van der Waals surface area contributed by atoms with Gasteiger partial charge < -0.3 is 9.30 Å². The first-order chi connectivity index (χ1) is 14.5. The van der Waals surface area contributed by atoms with Crippen LogP contribution in [-0.2, 0) is 16.1 Å². The van der Waals surface area contributed by atoms with Crippen LogP contribution in [0.2, 0.25) is 5.02 Å². The van der Waals surface area contributed by atoms with E-state index in [-0.39, 0.29) is 5.91 Å². The highest BCUT2D eigenvalue weighted by molar-refractivity contribution is 9.10. The summed E-state index contributed by atoms with van der Waals surface area (Å²) in [7, 11) is 1.61. The van der Waals surface area contributed by atoms with Crippen LogP contribution in [0.4, 0.5) is 0 Å². The number of thioether (sulfide) groups is 1. The SMILES string of the molecule is COCCN1C(=O)/C(=C/c2cn(Cc3ccccc3Cl)c3ccc(Br)cc23)SC1=S. The van der Waals surface area contributed by atoms with Crippen LogP contribution in [0.15, 0.2) is 58.0 Å². The number of carbonyl (C=O) groups is 1. The topological polar surface area (TPSA) is 34.5 Å². The molecule has 8 heteroatoms. The fourth-order valence-electron chi connectivity index (χ4n) is 3.37. The van der Waals surface area contributed by atoms with E-state index in [4.69, 9.17) is 28.6 Å². The van der Waals surface area contributed by atoms with Crippen molar-refractivity contribution in [3.8, 4) is 0 Å². The van der Waals surface area contributed by atoms with Crippen LogP contribution < -0.4 is 0 Å². The highest BCUT2D eigenvalue weighted by Gasteiger charge is 2.31. The number of thiocarbonyl (C=S) groups is 1. The minimum atomic E-state index is -0.0796. The summed E-state index contributed by atoms with van der Waals surface area (Å²) < 4.78 is 8.78. The molecule has 1 aromatic heterocycles. The summed E-state index contributed by atoms with van der Waals surface area (Å²) in [5.74, 6) is -0.0796. The molecule has 0 aliphatic carbocycles. The van der Waals surface area contributed by atoms with E-state index in [0.29, 0.717) is 28.9 Å². The summed E-state index contributed by atoms with van der Waals surface area (Å²) in [5, 5.41) is 1.79. The quantitative estimate of drug-likeness (QED) is 0.296. The lowest BCUT2D eigenvalue weighted by Crippen LogP contribution is -2.31. The number of nitrogens with zero attached hydrogens (tertiary/aromatic N) is 2. The Morgan fingerprint density at radius 1 is 1.27 bits per heavy atom. The number of methoxy groups -OCH3 is 1. The zero-order chi connectivity index (χ0) is 21.3. The molecule has 3 aromatic rings. The molecule has 0 unspecified atom stereocenters. The summed E-state index contributed by atoms with van der Waals surface area (Å²) in [4.78, 5) is 15.0. The third-order valence-electron chi connectivity index (χ3n) is 4.85. The van der Waals surface area contributed by atoms with Crippen LogP contribution in [0.3, 0.4) is 0 Å². The minimum absolute atomic E-state index is 0.0796. The van der Waals surface area contributed by atoms with Crippen molar-refractivity contribution in [2.45, 2.75) is 6.54 Å². The van der Waals surface area contributed by atoms with Crippen LogP contribution >= 0.6 is 51.5 Å². The van der Waals surface area contributed by atoms with E-state index < -0.39 is 0 Å². The zero-order valence-corrected chi connectivity index (χ0v) is 20.1. The van der Waals surface area contributed by atoms with Gasteiger partial charge in [0.25, 0.3) is 5.91 Å². The summed E-state index contributed by atoms with van der Waals surface area (Å²) in [5.41, 5.74) is 3.07. The molecular formula is C22H18BrClN2O2S2. The molecule has 30 heavy (non-hydrogen) atoms. The number of ether oxygens (including phenoxy) is 1. The van der Waals surface area contributed by atoms with Gasteiger partial charge in [-0.2, -0.15) is 0 Å². The highest BCUT2D eigenvalue weighted by Crippen LogP contribution is 2.35. The standard InChI is InChI=1S/C22H18BrClN2O2S2/c1-28-9-8-26-21(27)20(30-22(26)29)10-15-13-25(12-14-4-2-3-5-18(14)24)19-7-6-16(23)11-17(15)19/h2-7,10-11,13H,8-9,12H2,1H3/b20-10-. The van der Waals surface area contributed by atoms with E-state index in [9.17, 15) is 4.79 Å². The molecule has 154 valence electrons. The van der Waals surface area contributed by atoms with Gasteiger partial charge >= 0.3 is 0 Å². The van der Waals surface area contributed by atoms with Crippen LogP contribution in [0.1, 0.15) is 11.1 Å². The smallest absolute Gasteiger partial charge is 0.266 e. The molecule has 4 rings (SSSR count). The number of carbonyl (C=O) groups excluding carboxylic acids is 1. The molecule has 0 radical (unpaired) electrons. The molecule has 1 aliphatic rings. The monoisotopic (exact) mass is 520 g/mol. The van der Waals surface area contributed by atoms with Gasteiger partial charge in [0.15, 0.2) is 0 Å². The second kappa shape index (κ2) is 9.24. The number of benzene rings is 2. The fraction of sp³-hybridized carbons (Fsp3) is 0.182. The Hall–Kier alpha value is -1.64.